The van der Waals surface area contributed by atoms with E-state index in [1.54, 1.807) is 0 Å². The van der Waals surface area contributed by atoms with Gasteiger partial charge in [-0.25, -0.2) is 19.4 Å². The Kier molecular flexibility index (Phi) is 6.84. The molecule has 1 unspecified atom stereocenters. The molecule has 2 aliphatic heterocycles. The number of rotatable bonds is 7. The van der Waals surface area contributed by atoms with Gasteiger partial charge in [0.05, 0.1) is 7.11 Å². The number of aromatic nitrogens is 1. The second-order valence-electron chi connectivity index (χ2n) is 6.22. The number of hydroxylamine groups is 2. The molecule has 1 aromatic heterocycles. The fraction of sp³-hybridized carbons (Fsp3) is 0.438. The van der Waals surface area contributed by atoms with Crippen molar-refractivity contribution in [3.05, 3.63) is 11.1 Å². The van der Waals surface area contributed by atoms with Crippen LogP contribution in [0.2, 0.25) is 0 Å². The number of nitrogens with two attached hydrogens (primary N) is 1. The molecule has 2 aliphatic rings. The van der Waals surface area contributed by atoms with Crippen LogP contribution in [0.4, 0.5) is 5.13 Å². The van der Waals surface area contributed by atoms with E-state index in [1.165, 1.54) is 12.5 Å². The van der Waals surface area contributed by atoms with Crippen LogP contribution < -0.4 is 11.1 Å². The van der Waals surface area contributed by atoms with Gasteiger partial charge in [0.1, 0.15) is 12.8 Å². The Labute approximate surface area is 183 Å². The Morgan fingerprint density at radius 3 is 2.62 bits per heavy atom. The standard InChI is InChI=1S/C16H17N5O10S/c1-27-15(26)11-10(19-12(23)9(20-28-2)6-5-32-16(17)18-6)13(24)21(30-11)31-14(25)7-3-4-8(22)29-7/h5,7,10-11H,3-4H2,1-2H3,(H2,17,18)(H,19,23)/t7?,10-,11-/m0/s1. The lowest BCUT2D eigenvalue weighted by Crippen LogP contribution is -2.51. The lowest BCUT2D eigenvalue weighted by Gasteiger charge is -2.15. The van der Waals surface area contributed by atoms with Crippen molar-refractivity contribution in [3.8, 4) is 0 Å². The Bertz CT molecular complexity index is 978. The van der Waals surface area contributed by atoms with E-state index in [0.717, 1.165) is 18.4 Å². The molecule has 0 saturated carbocycles. The molecule has 0 spiro atoms. The third-order valence-corrected chi connectivity index (χ3v) is 4.83. The van der Waals surface area contributed by atoms with Crippen LogP contribution in [0.1, 0.15) is 18.5 Å². The average Bonchev–Trinajstić information content (AvgIpc) is 3.46. The highest BCUT2D eigenvalue weighted by Crippen LogP contribution is 2.22. The molecule has 16 heteroatoms. The highest BCUT2D eigenvalue weighted by atomic mass is 32.1. The summed E-state index contributed by atoms with van der Waals surface area (Å²) in [6.07, 6.45) is -2.88. The molecule has 3 atom stereocenters. The number of oxime groups is 1. The summed E-state index contributed by atoms with van der Waals surface area (Å²) in [7, 11) is 2.21. The van der Waals surface area contributed by atoms with Gasteiger partial charge in [-0.05, 0) is 5.23 Å². The molecule has 3 heterocycles. The number of methoxy groups -OCH3 is 1. The fourth-order valence-corrected chi connectivity index (χ4v) is 3.24. The van der Waals surface area contributed by atoms with Gasteiger partial charge < -0.3 is 30.2 Å². The van der Waals surface area contributed by atoms with E-state index in [4.69, 9.17) is 20.1 Å². The van der Waals surface area contributed by atoms with E-state index in [-0.39, 0.29) is 34.6 Å². The number of carbonyl (C=O) groups excluding carboxylic acids is 5. The summed E-state index contributed by atoms with van der Waals surface area (Å²) in [6, 6.07) is -1.66. The van der Waals surface area contributed by atoms with E-state index in [2.05, 4.69) is 25.0 Å². The number of nitrogen functional groups attached to an aromatic ring is 1. The number of thiazole rings is 1. The molecule has 3 N–H and O–H groups in total. The van der Waals surface area contributed by atoms with Gasteiger partial charge in [-0.1, -0.05) is 5.16 Å². The molecule has 2 saturated heterocycles. The van der Waals surface area contributed by atoms with Crippen LogP contribution in [0, 0.1) is 0 Å². The maximum Gasteiger partial charge on any atom is 0.375 e. The minimum absolute atomic E-state index is 0.000776. The Morgan fingerprint density at radius 1 is 1.31 bits per heavy atom. The van der Waals surface area contributed by atoms with Gasteiger partial charge in [-0.15, -0.1) is 11.3 Å². The van der Waals surface area contributed by atoms with Crippen molar-refractivity contribution in [2.75, 3.05) is 20.0 Å². The maximum absolute atomic E-state index is 12.7. The Morgan fingerprint density at radius 2 is 2.06 bits per heavy atom. The fourth-order valence-electron chi connectivity index (χ4n) is 2.69. The van der Waals surface area contributed by atoms with Crippen LogP contribution in [0.5, 0.6) is 0 Å². The van der Waals surface area contributed by atoms with Crippen molar-refractivity contribution in [3.63, 3.8) is 0 Å². The number of hydrogen-bond acceptors (Lipinski definition) is 14. The number of anilines is 1. The summed E-state index contributed by atoms with van der Waals surface area (Å²) in [5, 5.41) is 7.51. The quantitative estimate of drug-likeness (QED) is 0.253. The van der Waals surface area contributed by atoms with Gasteiger partial charge in [0.25, 0.3) is 5.91 Å². The number of hydrogen-bond donors (Lipinski definition) is 2. The number of nitrogens with one attached hydrogen (secondary N) is 1. The van der Waals surface area contributed by atoms with Crippen molar-refractivity contribution >= 4 is 51.9 Å². The average molecular weight is 471 g/mol. The van der Waals surface area contributed by atoms with Crippen molar-refractivity contribution in [1.82, 2.24) is 15.5 Å². The van der Waals surface area contributed by atoms with E-state index in [9.17, 15) is 24.0 Å². The predicted octanol–water partition coefficient (Wildman–Crippen LogP) is -1.96. The molecule has 15 nitrogen and oxygen atoms in total. The Hall–Kier alpha value is -3.79. The largest absolute Gasteiger partial charge is 0.467 e. The summed E-state index contributed by atoms with van der Waals surface area (Å²) in [6.45, 7) is 0. The molecule has 0 aliphatic carbocycles. The number of nitrogens with zero attached hydrogens (tertiary/aromatic N) is 3. The molecule has 0 aromatic carbocycles. The number of cyclic esters (lactones) is 1. The van der Waals surface area contributed by atoms with Crippen LogP contribution in [-0.4, -0.2) is 78.1 Å². The van der Waals surface area contributed by atoms with Crippen LogP contribution >= 0.6 is 11.3 Å². The van der Waals surface area contributed by atoms with Crippen LogP contribution in [0.15, 0.2) is 10.5 Å². The van der Waals surface area contributed by atoms with Gasteiger partial charge >= 0.3 is 23.8 Å². The van der Waals surface area contributed by atoms with Crippen molar-refractivity contribution in [1.29, 1.82) is 0 Å². The predicted molar refractivity (Wildman–Crippen MR) is 101 cm³/mol. The minimum Gasteiger partial charge on any atom is -0.467 e. The van der Waals surface area contributed by atoms with Gasteiger partial charge in [0.2, 0.25) is 12.2 Å². The summed E-state index contributed by atoms with van der Waals surface area (Å²) in [4.78, 5) is 79.2. The topological polar surface area (TPSA) is 198 Å². The zero-order valence-corrected chi connectivity index (χ0v) is 17.4. The summed E-state index contributed by atoms with van der Waals surface area (Å²) in [5.74, 6) is -4.82. The second-order valence-corrected chi connectivity index (χ2v) is 7.11. The zero-order valence-electron chi connectivity index (χ0n) is 16.6. The number of esters is 2. The SMILES string of the molecule is CON=C(C(=O)N[C@@H]1C(=O)N(OC(=O)C2CCC(=O)O2)O[C@@H]1C(=O)OC)c1csc(N)n1. The molecule has 172 valence electrons. The first-order chi connectivity index (χ1) is 15.2. The van der Waals surface area contributed by atoms with Gasteiger partial charge in [0, 0.05) is 18.2 Å². The van der Waals surface area contributed by atoms with Gasteiger partial charge in [0.15, 0.2) is 16.9 Å². The normalized spacial score (nSPS) is 23.0. The van der Waals surface area contributed by atoms with Crippen molar-refractivity contribution < 1.29 is 48.0 Å². The highest BCUT2D eigenvalue weighted by molar-refractivity contribution is 7.13. The first kappa shape index (κ1) is 22.9. The number of ether oxygens (including phenoxy) is 2. The lowest BCUT2D eigenvalue weighted by molar-refractivity contribution is -0.317. The summed E-state index contributed by atoms with van der Waals surface area (Å²) < 4.78 is 9.32. The van der Waals surface area contributed by atoms with E-state index < -0.39 is 48.0 Å². The number of carbonyl (C=O) groups is 5. The molecular weight excluding hydrogens is 454 g/mol. The van der Waals surface area contributed by atoms with Crippen molar-refractivity contribution in [2.45, 2.75) is 31.1 Å². The monoisotopic (exact) mass is 471 g/mol. The van der Waals surface area contributed by atoms with E-state index >= 15 is 0 Å². The zero-order chi connectivity index (χ0) is 23.4. The first-order valence-corrected chi connectivity index (χ1v) is 9.76. The smallest absolute Gasteiger partial charge is 0.375 e. The summed E-state index contributed by atoms with van der Waals surface area (Å²) >= 11 is 1.03. The van der Waals surface area contributed by atoms with Crippen LogP contribution in [-0.2, 0) is 48.0 Å². The lowest BCUT2D eigenvalue weighted by atomic mass is 10.1. The van der Waals surface area contributed by atoms with Gasteiger partial charge in [-0.2, -0.15) is 0 Å². The highest BCUT2D eigenvalue weighted by Gasteiger charge is 2.51. The summed E-state index contributed by atoms with van der Waals surface area (Å²) in [5.41, 5.74) is 5.27. The molecule has 1 aromatic rings. The molecular formula is C16H17N5O10S. The molecule has 3 rings (SSSR count). The van der Waals surface area contributed by atoms with Crippen molar-refractivity contribution in [2.24, 2.45) is 5.16 Å². The van der Waals surface area contributed by atoms with Crippen LogP contribution in [0.3, 0.4) is 0 Å². The maximum atomic E-state index is 12.7. The molecule has 0 radical (unpaired) electrons. The number of amides is 2. The van der Waals surface area contributed by atoms with E-state index in [1.807, 2.05) is 0 Å². The molecule has 2 fully saturated rings. The molecule has 32 heavy (non-hydrogen) atoms. The molecule has 2 amide bonds. The third kappa shape index (κ3) is 4.75. The minimum atomic E-state index is -1.69. The second kappa shape index (κ2) is 9.56. The Balaban J connectivity index is 1.76. The van der Waals surface area contributed by atoms with E-state index in [0.29, 0.717) is 0 Å². The first-order valence-electron chi connectivity index (χ1n) is 8.88. The van der Waals surface area contributed by atoms with Crippen LogP contribution in [0.25, 0.3) is 0 Å². The molecule has 0 bridgehead atoms. The van der Waals surface area contributed by atoms with Gasteiger partial charge in [-0.3, -0.25) is 14.4 Å². The third-order valence-electron chi connectivity index (χ3n) is 4.16.